The molecule has 0 aliphatic rings. The van der Waals surface area contributed by atoms with Gasteiger partial charge in [-0.15, -0.1) is 0 Å². The molecule has 1 N–H and O–H groups in total. The van der Waals surface area contributed by atoms with E-state index in [2.05, 4.69) is 10.5 Å². The maximum Gasteiger partial charge on any atom is 0.273 e. The van der Waals surface area contributed by atoms with Crippen molar-refractivity contribution in [2.75, 3.05) is 0 Å². The first-order valence-corrected chi connectivity index (χ1v) is 5.05. The summed E-state index contributed by atoms with van der Waals surface area (Å²) < 4.78 is 10.0. The highest BCUT2D eigenvalue weighted by Gasteiger charge is 2.11. The summed E-state index contributed by atoms with van der Waals surface area (Å²) in [6.45, 7) is 2.28. The lowest BCUT2D eigenvalue weighted by Gasteiger charge is -1.98. The number of hydrogen-bond donors (Lipinski definition) is 1. The molecule has 0 atom stereocenters. The molecule has 0 aliphatic carbocycles. The molecule has 0 spiro atoms. The lowest BCUT2D eigenvalue weighted by Crippen LogP contribution is -2.22. The molecule has 1 amide bonds. The molecular formula is C11H12N2O3. The van der Waals surface area contributed by atoms with Crippen LogP contribution in [0, 0.1) is 0 Å². The van der Waals surface area contributed by atoms with E-state index in [0.717, 1.165) is 6.42 Å². The molecule has 2 aromatic rings. The lowest BCUT2D eigenvalue weighted by atomic mass is 10.3. The van der Waals surface area contributed by atoms with Crippen LogP contribution in [-0.2, 0) is 13.0 Å². The molecule has 0 bridgehead atoms. The van der Waals surface area contributed by atoms with E-state index < -0.39 is 0 Å². The molecule has 5 nitrogen and oxygen atoms in total. The van der Waals surface area contributed by atoms with E-state index >= 15 is 0 Å². The third-order valence-corrected chi connectivity index (χ3v) is 2.14. The van der Waals surface area contributed by atoms with Crippen molar-refractivity contribution < 1.29 is 13.7 Å². The third kappa shape index (κ3) is 2.31. The topological polar surface area (TPSA) is 68.3 Å². The van der Waals surface area contributed by atoms with Crippen LogP contribution < -0.4 is 5.32 Å². The maximum atomic E-state index is 11.6. The molecule has 2 rings (SSSR count). The van der Waals surface area contributed by atoms with E-state index in [1.807, 2.05) is 6.92 Å². The Balaban J connectivity index is 1.93. The standard InChI is InChI=1S/C11H12N2O3/c1-2-8-6-10(13-16-8)11(14)12-7-9-4-3-5-15-9/h3-6H,2,7H2,1H3,(H,12,14). The van der Waals surface area contributed by atoms with E-state index in [9.17, 15) is 4.79 Å². The maximum absolute atomic E-state index is 11.6. The summed E-state index contributed by atoms with van der Waals surface area (Å²) in [5.41, 5.74) is 0.295. The largest absolute Gasteiger partial charge is 0.467 e. The number of furan rings is 1. The Hall–Kier alpha value is -2.04. The highest BCUT2D eigenvalue weighted by atomic mass is 16.5. The number of carbonyl (C=O) groups is 1. The fourth-order valence-electron chi connectivity index (χ4n) is 1.26. The van der Waals surface area contributed by atoms with Crippen LogP contribution in [0.1, 0.15) is 28.9 Å². The smallest absolute Gasteiger partial charge is 0.273 e. The van der Waals surface area contributed by atoms with Crippen LogP contribution in [0.4, 0.5) is 0 Å². The minimum absolute atomic E-state index is 0.264. The average molecular weight is 220 g/mol. The molecule has 0 radical (unpaired) electrons. The average Bonchev–Trinajstić information content (AvgIpc) is 2.96. The van der Waals surface area contributed by atoms with Gasteiger partial charge in [-0.25, -0.2) is 0 Å². The summed E-state index contributed by atoms with van der Waals surface area (Å²) in [7, 11) is 0. The molecule has 16 heavy (non-hydrogen) atoms. The zero-order valence-electron chi connectivity index (χ0n) is 8.90. The van der Waals surface area contributed by atoms with Gasteiger partial charge in [-0.3, -0.25) is 4.79 Å². The van der Waals surface area contributed by atoms with Gasteiger partial charge in [0.15, 0.2) is 5.69 Å². The van der Waals surface area contributed by atoms with Gasteiger partial charge < -0.3 is 14.3 Å². The predicted octanol–water partition coefficient (Wildman–Crippen LogP) is 1.76. The van der Waals surface area contributed by atoms with E-state index in [1.165, 1.54) is 0 Å². The molecule has 0 fully saturated rings. The second-order valence-corrected chi connectivity index (χ2v) is 3.29. The van der Waals surface area contributed by atoms with Gasteiger partial charge in [-0.2, -0.15) is 0 Å². The van der Waals surface area contributed by atoms with Crippen LogP contribution in [0.25, 0.3) is 0 Å². The number of amides is 1. The fraction of sp³-hybridized carbons (Fsp3) is 0.273. The monoisotopic (exact) mass is 220 g/mol. The number of aryl methyl sites for hydroxylation is 1. The predicted molar refractivity (Wildman–Crippen MR) is 55.8 cm³/mol. The van der Waals surface area contributed by atoms with Crippen LogP contribution in [-0.4, -0.2) is 11.1 Å². The van der Waals surface area contributed by atoms with Crippen LogP contribution >= 0.6 is 0 Å². The quantitative estimate of drug-likeness (QED) is 0.852. The summed E-state index contributed by atoms with van der Waals surface area (Å²) >= 11 is 0. The Kier molecular flexibility index (Phi) is 3.05. The van der Waals surface area contributed by atoms with E-state index in [1.54, 1.807) is 24.5 Å². The summed E-state index contributed by atoms with van der Waals surface area (Å²) in [6.07, 6.45) is 2.28. The van der Waals surface area contributed by atoms with Gasteiger partial charge in [0, 0.05) is 12.5 Å². The Morgan fingerprint density at radius 3 is 3.00 bits per heavy atom. The highest BCUT2D eigenvalue weighted by molar-refractivity contribution is 5.92. The Morgan fingerprint density at radius 1 is 1.50 bits per heavy atom. The molecule has 0 aromatic carbocycles. The number of nitrogens with zero attached hydrogens (tertiary/aromatic N) is 1. The molecular weight excluding hydrogens is 208 g/mol. The van der Waals surface area contributed by atoms with Gasteiger partial charge in [0.1, 0.15) is 11.5 Å². The van der Waals surface area contributed by atoms with Gasteiger partial charge in [-0.1, -0.05) is 12.1 Å². The molecule has 0 saturated carbocycles. The van der Waals surface area contributed by atoms with Crippen LogP contribution in [0.5, 0.6) is 0 Å². The molecule has 84 valence electrons. The summed E-state index contributed by atoms with van der Waals surface area (Å²) in [5, 5.41) is 6.35. The molecule has 0 unspecified atom stereocenters. The molecule has 5 heteroatoms. The van der Waals surface area contributed by atoms with Gasteiger partial charge >= 0.3 is 0 Å². The number of aromatic nitrogens is 1. The first kappa shape index (κ1) is 10.5. The highest BCUT2D eigenvalue weighted by Crippen LogP contribution is 2.05. The zero-order valence-corrected chi connectivity index (χ0v) is 8.90. The van der Waals surface area contributed by atoms with Gasteiger partial charge in [0.2, 0.25) is 0 Å². The molecule has 2 heterocycles. The van der Waals surface area contributed by atoms with Crippen LogP contribution in [0.15, 0.2) is 33.4 Å². The minimum atomic E-state index is -0.264. The Labute approximate surface area is 92.4 Å². The van der Waals surface area contributed by atoms with Crippen molar-refractivity contribution in [1.82, 2.24) is 10.5 Å². The van der Waals surface area contributed by atoms with Gasteiger partial charge in [0.05, 0.1) is 12.8 Å². The normalized spacial score (nSPS) is 10.3. The van der Waals surface area contributed by atoms with Crippen molar-refractivity contribution >= 4 is 5.91 Å². The number of hydrogen-bond acceptors (Lipinski definition) is 4. The minimum Gasteiger partial charge on any atom is -0.467 e. The Morgan fingerprint density at radius 2 is 2.38 bits per heavy atom. The second kappa shape index (κ2) is 4.65. The van der Waals surface area contributed by atoms with E-state index in [-0.39, 0.29) is 5.91 Å². The first-order valence-electron chi connectivity index (χ1n) is 5.05. The summed E-state index contributed by atoms with van der Waals surface area (Å²) in [6, 6.07) is 5.20. The number of carbonyl (C=O) groups excluding carboxylic acids is 1. The molecule has 0 saturated heterocycles. The lowest BCUT2D eigenvalue weighted by molar-refractivity contribution is 0.0939. The van der Waals surface area contributed by atoms with E-state index in [4.69, 9.17) is 8.94 Å². The van der Waals surface area contributed by atoms with Crippen LogP contribution in [0.3, 0.4) is 0 Å². The third-order valence-electron chi connectivity index (χ3n) is 2.14. The van der Waals surface area contributed by atoms with Gasteiger partial charge in [-0.05, 0) is 12.1 Å². The molecule has 2 aromatic heterocycles. The summed E-state index contributed by atoms with van der Waals surface area (Å²) in [5.74, 6) is 1.13. The zero-order chi connectivity index (χ0) is 11.4. The molecule has 0 aliphatic heterocycles. The number of rotatable bonds is 4. The van der Waals surface area contributed by atoms with Crippen molar-refractivity contribution in [1.29, 1.82) is 0 Å². The second-order valence-electron chi connectivity index (χ2n) is 3.29. The summed E-state index contributed by atoms with van der Waals surface area (Å²) in [4.78, 5) is 11.6. The van der Waals surface area contributed by atoms with Crippen molar-refractivity contribution in [3.8, 4) is 0 Å². The van der Waals surface area contributed by atoms with Crippen molar-refractivity contribution in [3.05, 3.63) is 41.7 Å². The van der Waals surface area contributed by atoms with Gasteiger partial charge in [0.25, 0.3) is 5.91 Å². The number of nitrogens with one attached hydrogen (secondary N) is 1. The van der Waals surface area contributed by atoms with Crippen LogP contribution in [0.2, 0.25) is 0 Å². The SMILES string of the molecule is CCc1cc(C(=O)NCc2ccco2)no1. The van der Waals surface area contributed by atoms with Crippen molar-refractivity contribution in [3.63, 3.8) is 0 Å². The first-order chi connectivity index (χ1) is 7.79. The van der Waals surface area contributed by atoms with E-state index in [0.29, 0.717) is 23.8 Å². The fourth-order valence-corrected chi connectivity index (χ4v) is 1.26. The van der Waals surface area contributed by atoms with Crippen molar-refractivity contribution in [2.45, 2.75) is 19.9 Å². The van der Waals surface area contributed by atoms with Crippen molar-refractivity contribution in [2.24, 2.45) is 0 Å². The Bertz CT molecular complexity index is 459.